The number of carboxylic acid groups (broad SMARTS) is 1. The van der Waals surface area contributed by atoms with Gasteiger partial charge in [-0.15, -0.1) is 11.3 Å². The number of thiazole rings is 1. The summed E-state index contributed by atoms with van der Waals surface area (Å²) in [6.07, 6.45) is 2.27. The topological polar surface area (TPSA) is 86.0 Å². The van der Waals surface area contributed by atoms with Crippen molar-refractivity contribution in [2.75, 3.05) is 4.72 Å². The normalized spacial score (nSPS) is 13.1. The number of carboxylic acids is 1. The molecule has 134 valence electrons. The molecule has 4 rings (SSSR count). The highest BCUT2D eigenvalue weighted by Gasteiger charge is 2.27. The fourth-order valence-electron chi connectivity index (χ4n) is 2.86. The fraction of sp³-hybridized carbons (Fsp3) is 0.150. The molecule has 0 amide bonds. The van der Waals surface area contributed by atoms with Crippen molar-refractivity contribution >= 4 is 34.9 Å². The second-order valence-electron chi connectivity index (χ2n) is 6.28. The maximum atomic E-state index is 11.3. The second kappa shape index (κ2) is 7.43. The van der Waals surface area contributed by atoms with Gasteiger partial charge in [0, 0.05) is 15.8 Å². The zero-order valence-corrected chi connectivity index (χ0v) is 15.8. The number of hydrogen-bond donors (Lipinski definition) is 2. The predicted molar refractivity (Wildman–Crippen MR) is 107 cm³/mol. The highest BCUT2D eigenvalue weighted by molar-refractivity contribution is 8.00. The van der Waals surface area contributed by atoms with Crippen LogP contribution in [0.4, 0.5) is 5.69 Å². The van der Waals surface area contributed by atoms with Crippen molar-refractivity contribution in [1.29, 1.82) is 5.26 Å². The molecule has 1 aliphatic carbocycles. The van der Waals surface area contributed by atoms with Crippen molar-refractivity contribution < 1.29 is 9.90 Å². The number of nitriles is 1. The van der Waals surface area contributed by atoms with Crippen LogP contribution in [0.3, 0.4) is 0 Å². The zero-order chi connectivity index (χ0) is 18.8. The molecule has 1 aromatic heterocycles. The van der Waals surface area contributed by atoms with Gasteiger partial charge in [-0.05, 0) is 66.6 Å². The van der Waals surface area contributed by atoms with E-state index in [1.54, 1.807) is 29.8 Å². The van der Waals surface area contributed by atoms with Gasteiger partial charge in [0.2, 0.25) is 0 Å². The Hall–Kier alpha value is -2.82. The Balaban J connectivity index is 1.66. The van der Waals surface area contributed by atoms with Crippen LogP contribution in [0.1, 0.15) is 40.2 Å². The molecule has 27 heavy (non-hydrogen) atoms. The quantitative estimate of drug-likeness (QED) is 0.547. The first-order valence-electron chi connectivity index (χ1n) is 8.38. The Morgan fingerprint density at radius 3 is 2.81 bits per heavy atom. The molecule has 1 aliphatic rings. The van der Waals surface area contributed by atoms with Crippen LogP contribution >= 0.6 is 23.3 Å². The Bertz CT molecular complexity index is 1040. The van der Waals surface area contributed by atoms with Crippen LogP contribution in [0, 0.1) is 11.3 Å². The Kier molecular flexibility index (Phi) is 4.84. The third-order valence-electron chi connectivity index (χ3n) is 4.41. The first-order chi connectivity index (χ1) is 13.2. The van der Waals surface area contributed by atoms with Crippen molar-refractivity contribution in [3.63, 3.8) is 0 Å². The molecule has 0 unspecified atom stereocenters. The molecule has 1 heterocycles. The van der Waals surface area contributed by atoms with E-state index in [4.69, 9.17) is 0 Å². The minimum absolute atomic E-state index is 0.272. The summed E-state index contributed by atoms with van der Waals surface area (Å²) in [6, 6.07) is 12.9. The van der Waals surface area contributed by atoms with E-state index >= 15 is 0 Å². The van der Waals surface area contributed by atoms with Crippen LogP contribution in [0.15, 0.2) is 52.2 Å². The molecule has 1 saturated carbocycles. The first-order valence-corrected chi connectivity index (χ1v) is 10.1. The summed E-state index contributed by atoms with van der Waals surface area (Å²) in [7, 11) is 0. The number of aromatic nitrogens is 1. The lowest BCUT2D eigenvalue weighted by Gasteiger charge is -2.13. The number of rotatable bonds is 6. The number of hydrogen-bond acceptors (Lipinski definition) is 6. The minimum Gasteiger partial charge on any atom is -0.478 e. The summed E-state index contributed by atoms with van der Waals surface area (Å²) in [5.74, 6) is -0.436. The minimum atomic E-state index is -0.936. The summed E-state index contributed by atoms with van der Waals surface area (Å²) >= 11 is 2.89. The van der Waals surface area contributed by atoms with Gasteiger partial charge in [-0.3, -0.25) is 0 Å². The predicted octanol–water partition coefficient (Wildman–Crippen LogP) is 5.38. The summed E-state index contributed by atoms with van der Waals surface area (Å²) in [5.41, 5.74) is 6.30. The molecule has 0 bridgehead atoms. The van der Waals surface area contributed by atoms with Crippen molar-refractivity contribution in [2.45, 2.75) is 23.7 Å². The number of anilines is 1. The van der Waals surface area contributed by atoms with Gasteiger partial charge < -0.3 is 9.83 Å². The maximum absolute atomic E-state index is 11.3. The van der Waals surface area contributed by atoms with E-state index in [-0.39, 0.29) is 5.56 Å². The lowest BCUT2D eigenvalue weighted by atomic mass is 10.1. The third kappa shape index (κ3) is 3.82. The lowest BCUT2D eigenvalue weighted by molar-refractivity contribution is 0.0696. The van der Waals surface area contributed by atoms with Gasteiger partial charge in [0.15, 0.2) is 0 Å². The molecular formula is C20H15N3O2S2. The number of benzene rings is 2. The molecular weight excluding hydrogens is 378 g/mol. The van der Waals surface area contributed by atoms with Gasteiger partial charge >= 0.3 is 5.97 Å². The molecule has 1 fully saturated rings. The van der Waals surface area contributed by atoms with Crippen LogP contribution in [0.5, 0.6) is 0 Å². The van der Waals surface area contributed by atoms with E-state index in [9.17, 15) is 15.2 Å². The number of carbonyl (C=O) groups is 1. The molecule has 5 nitrogen and oxygen atoms in total. The summed E-state index contributed by atoms with van der Waals surface area (Å²) in [5, 5.41) is 20.5. The van der Waals surface area contributed by atoms with Crippen LogP contribution < -0.4 is 4.72 Å². The van der Waals surface area contributed by atoms with E-state index in [1.165, 1.54) is 28.8 Å². The maximum Gasteiger partial charge on any atom is 0.335 e. The average molecular weight is 393 g/mol. The van der Waals surface area contributed by atoms with E-state index in [0.29, 0.717) is 11.5 Å². The SMILES string of the molecule is N#Cc1ccc(-c2cscn2)c(NSc2cc(C(=O)O)ccc2C2CC2)c1. The van der Waals surface area contributed by atoms with Crippen LogP contribution in [0.2, 0.25) is 0 Å². The molecule has 0 spiro atoms. The van der Waals surface area contributed by atoms with Crippen LogP contribution in [-0.4, -0.2) is 16.1 Å². The highest BCUT2D eigenvalue weighted by atomic mass is 32.2. The standard InChI is InChI=1S/C20H15N3O2S2/c21-9-12-1-5-16(18-10-26-11-22-18)17(7-12)23-27-19-8-14(20(24)25)4-6-15(19)13-2-3-13/h1,4-8,10-11,13,23H,2-3H2,(H,24,25). The summed E-state index contributed by atoms with van der Waals surface area (Å²) < 4.78 is 3.32. The van der Waals surface area contributed by atoms with Crippen molar-refractivity contribution in [3.05, 3.63) is 64.0 Å². The fourth-order valence-corrected chi connectivity index (χ4v) is 4.34. The van der Waals surface area contributed by atoms with Gasteiger partial charge in [0.25, 0.3) is 0 Å². The van der Waals surface area contributed by atoms with Crippen molar-refractivity contribution in [3.8, 4) is 17.3 Å². The lowest BCUT2D eigenvalue weighted by Crippen LogP contribution is -1.99. The Morgan fingerprint density at radius 2 is 2.15 bits per heavy atom. The molecule has 2 aromatic carbocycles. The highest BCUT2D eigenvalue weighted by Crippen LogP contribution is 2.45. The van der Waals surface area contributed by atoms with E-state index in [2.05, 4.69) is 15.8 Å². The number of nitrogens with zero attached hydrogens (tertiary/aromatic N) is 2. The largest absolute Gasteiger partial charge is 0.478 e. The monoisotopic (exact) mass is 393 g/mol. The Morgan fingerprint density at radius 1 is 1.30 bits per heavy atom. The Labute approximate surface area is 164 Å². The van der Waals surface area contributed by atoms with E-state index in [0.717, 1.165) is 34.7 Å². The average Bonchev–Trinajstić information content (AvgIpc) is 3.39. The molecule has 0 atom stereocenters. The van der Waals surface area contributed by atoms with Gasteiger partial charge in [-0.25, -0.2) is 9.78 Å². The molecule has 0 saturated heterocycles. The van der Waals surface area contributed by atoms with E-state index in [1.807, 2.05) is 17.5 Å². The molecule has 0 aliphatic heterocycles. The van der Waals surface area contributed by atoms with Crippen LogP contribution in [0.25, 0.3) is 11.3 Å². The summed E-state index contributed by atoms with van der Waals surface area (Å²) in [6.45, 7) is 0. The third-order valence-corrected chi connectivity index (χ3v) is 5.89. The van der Waals surface area contributed by atoms with Crippen molar-refractivity contribution in [2.24, 2.45) is 0 Å². The number of aromatic carboxylic acids is 1. The van der Waals surface area contributed by atoms with Crippen molar-refractivity contribution in [1.82, 2.24) is 4.98 Å². The molecule has 0 radical (unpaired) electrons. The number of nitrogens with one attached hydrogen (secondary N) is 1. The first kappa shape index (κ1) is 17.6. The molecule has 2 N–H and O–H groups in total. The zero-order valence-electron chi connectivity index (χ0n) is 14.2. The second-order valence-corrected chi connectivity index (χ2v) is 7.85. The summed E-state index contributed by atoms with van der Waals surface area (Å²) in [4.78, 5) is 16.6. The van der Waals surface area contributed by atoms with Gasteiger partial charge in [-0.1, -0.05) is 6.07 Å². The van der Waals surface area contributed by atoms with Gasteiger partial charge in [-0.2, -0.15) is 5.26 Å². The molecule has 7 heteroatoms. The van der Waals surface area contributed by atoms with Gasteiger partial charge in [0.1, 0.15) is 0 Å². The van der Waals surface area contributed by atoms with Crippen LogP contribution in [-0.2, 0) is 0 Å². The van der Waals surface area contributed by atoms with E-state index < -0.39 is 5.97 Å². The molecule has 3 aromatic rings. The smallest absolute Gasteiger partial charge is 0.335 e. The van der Waals surface area contributed by atoms with Gasteiger partial charge in [0.05, 0.1) is 34.1 Å².